The number of carbonyl (C=O) groups is 2. The predicted molar refractivity (Wildman–Crippen MR) is 107 cm³/mol. The monoisotopic (exact) mass is 408 g/mol. The van der Waals surface area contributed by atoms with Gasteiger partial charge in [-0.05, 0) is 36.6 Å². The van der Waals surface area contributed by atoms with Crippen LogP contribution in [0.1, 0.15) is 18.4 Å². The Morgan fingerprint density at radius 2 is 2.30 bits per heavy atom. The van der Waals surface area contributed by atoms with E-state index in [1.54, 1.807) is 29.2 Å². The molecule has 0 saturated carbocycles. The Morgan fingerprint density at radius 3 is 2.96 bits per heavy atom. The number of primary amides is 1. The van der Waals surface area contributed by atoms with Gasteiger partial charge in [0.1, 0.15) is 4.32 Å². The molecule has 0 spiro atoms. The van der Waals surface area contributed by atoms with Crippen molar-refractivity contribution in [3.05, 3.63) is 28.7 Å². The number of thiocarbonyl (C=S) groups is 1. The van der Waals surface area contributed by atoms with E-state index in [0.29, 0.717) is 27.3 Å². The van der Waals surface area contributed by atoms with Crippen molar-refractivity contribution in [3.63, 3.8) is 0 Å². The molecule has 3 rings (SSSR count). The third-order valence-electron chi connectivity index (χ3n) is 4.14. The highest BCUT2D eigenvalue weighted by Gasteiger charge is 2.34. The minimum absolute atomic E-state index is 0.0497. The van der Waals surface area contributed by atoms with Crippen LogP contribution in [0.4, 0.5) is 0 Å². The van der Waals surface area contributed by atoms with Crippen LogP contribution in [-0.2, 0) is 14.3 Å². The number of methoxy groups -OCH3 is 1. The molecule has 0 unspecified atom stereocenters. The summed E-state index contributed by atoms with van der Waals surface area (Å²) in [6.07, 6.45) is 3.77. The molecule has 1 atom stereocenters. The second-order valence-electron chi connectivity index (χ2n) is 6.09. The Hall–Kier alpha value is -2.10. The lowest BCUT2D eigenvalue weighted by molar-refractivity contribution is -0.123. The van der Waals surface area contributed by atoms with Crippen LogP contribution < -0.4 is 15.2 Å². The standard InChI is InChI=1S/C18H20N2O5S2/c1-23-14-7-11(4-5-13(14)25-10-16(19)21)8-15-17(22)20(18(26)27-15)9-12-3-2-6-24-12/h4-5,7-8,12H,2-3,6,9-10H2,1H3,(H2,19,21)/b15-8-/t12-/m1/s1. The minimum Gasteiger partial charge on any atom is -0.493 e. The van der Waals surface area contributed by atoms with Crippen LogP contribution in [-0.4, -0.2) is 54.0 Å². The van der Waals surface area contributed by atoms with E-state index in [1.807, 2.05) is 0 Å². The molecular weight excluding hydrogens is 388 g/mol. The molecule has 2 fully saturated rings. The fourth-order valence-electron chi connectivity index (χ4n) is 2.84. The maximum atomic E-state index is 12.7. The van der Waals surface area contributed by atoms with Gasteiger partial charge in [0, 0.05) is 6.61 Å². The molecule has 27 heavy (non-hydrogen) atoms. The van der Waals surface area contributed by atoms with Crippen LogP contribution in [0.2, 0.25) is 0 Å². The molecule has 0 aromatic heterocycles. The maximum Gasteiger partial charge on any atom is 0.266 e. The Bertz CT molecular complexity index is 790. The zero-order valence-corrected chi connectivity index (χ0v) is 16.4. The number of ether oxygens (including phenoxy) is 3. The molecule has 2 amide bonds. The lowest BCUT2D eigenvalue weighted by atomic mass is 10.1. The number of thioether (sulfide) groups is 1. The fourth-order valence-corrected chi connectivity index (χ4v) is 4.12. The Morgan fingerprint density at radius 1 is 1.48 bits per heavy atom. The van der Waals surface area contributed by atoms with Gasteiger partial charge >= 0.3 is 0 Å². The summed E-state index contributed by atoms with van der Waals surface area (Å²) in [5.41, 5.74) is 5.85. The van der Waals surface area contributed by atoms with Gasteiger partial charge in [-0.15, -0.1) is 0 Å². The number of hydrogen-bond donors (Lipinski definition) is 1. The van der Waals surface area contributed by atoms with E-state index >= 15 is 0 Å². The molecule has 0 radical (unpaired) electrons. The molecule has 2 N–H and O–H groups in total. The summed E-state index contributed by atoms with van der Waals surface area (Å²) in [5.74, 6) is 0.156. The first-order valence-corrected chi connectivity index (χ1v) is 9.66. The van der Waals surface area contributed by atoms with Gasteiger partial charge in [-0.25, -0.2) is 0 Å². The maximum absolute atomic E-state index is 12.7. The van der Waals surface area contributed by atoms with Gasteiger partial charge in [0.25, 0.3) is 11.8 Å². The number of nitrogens with two attached hydrogens (primary N) is 1. The Balaban J connectivity index is 1.74. The number of rotatable bonds is 7. The highest BCUT2D eigenvalue weighted by atomic mass is 32.2. The summed E-state index contributed by atoms with van der Waals surface area (Å²) in [5, 5.41) is 0. The molecule has 144 valence electrons. The molecule has 2 aliphatic heterocycles. The van der Waals surface area contributed by atoms with Crippen molar-refractivity contribution in [2.24, 2.45) is 5.73 Å². The normalized spacial score (nSPS) is 21.1. The van der Waals surface area contributed by atoms with Gasteiger partial charge in [-0.2, -0.15) is 0 Å². The number of benzene rings is 1. The topological polar surface area (TPSA) is 91.1 Å². The molecule has 2 saturated heterocycles. The summed E-state index contributed by atoms with van der Waals surface area (Å²) >= 11 is 6.63. The zero-order valence-electron chi connectivity index (χ0n) is 14.8. The van der Waals surface area contributed by atoms with E-state index in [0.717, 1.165) is 25.0 Å². The SMILES string of the molecule is COc1cc(/C=C2\SC(=S)N(C[C@H]3CCCO3)C2=O)ccc1OCC(N)=O. The molecule has 2 aliphatic rings. The van der Waals surface area contributed by atoms with Crippen molar-refractivity contribution in [3.8, 4) is 11.5 Å². The van der Waals surface area contributed by atoms with Crippen molar-refractivity contribution >= 4 is 46.2 Å². The fraction of sp³-hybridized carbons (Fsp3) is 0.389. The quantitative estimate of drug-likeness (QED) is 0.545. The highest BCUT2D eigenvalue weighted by Crippen LogP contribution is 2.35. The van der Waals surface area contributed by atoms with Gasteiger partial charge in [0.15, 0.2) is 18.1 Å². The predicted octanol–water partition coefficient (Wildman–Crippen LogP) is 1.94. The van der Waals surface area contributed by atoms with E-state index in [4.69, 9.17) is 32.2 Å². The van der Waals surface area contributed by atoms with Gasteiger partial charge in [-0.1, -0.05) is 30.0 Å². The van der Waals surface area contributed by atoms with E-state index in [1.165, 1.54) is 18.9 Å². The highest BCUT2D eigenvalue weighted by molar-refractivity contribution is 8.26. The lowest BCUT2D eigenvalue weighted by Crippen LogP contribution is -2.35. The molecule has 7 nitrogen and oxygen atoms in total. The van der Waals surface area contributed by atoms with Gasteiger partial charge in [0.05, 0.1) is 24.7 Å². The molecule has 2 heterocycles. The molecular formula is C18H20N2O5S2. The smallest absolute Gasteiger partial charge is 0.266 e. The molecule has 0 bridgehead atoms. The van der Waals surface area contributed by atoms with Crippen LogP contribution in [0.15, 0.2) is 23.1 Å². The van der Waals surface area contributed by atoms with Crippen LogP contribution in [0, 0.1) is 0 Å². The van der Waals surface area contributed by atoms with E-state index in [2.05, 4.69) is 0 Å². The summed E-state index contributed by atoms with van der Waals surface area (Å²) in [6, 6.07) is 5.16. The van der Waals surface area contributed by atoms with E-state index in [-0.39, 0.29) is 18.6 Å². The first-order valence-electron chi connectivity index (χ1n) is 8.44. The van der Waals surface area contributed by atoms with Crippen molar-refractivity contribution < 1.29 is 23.8 Å². The number of nitrogens with zero attached hydrogens (tertiary/aromatic N) is 1. The number of hydrogen-bond acceptors (Lipinski definition) is 7. The van der Waals surface area contributed by atoms with Crippen LogP contribution in [0.5, 0.6) is 11.5 Å². The van der Waals surface area contributed by atoms with Crippen LogP contribution in [0.3, 0.4) is 0 Å². The number of amides is 2. The van der Waals surface area contributed by atoms with E-state index < -0.39 is 5.91 Å². The van der Waals surface area contributed by atoms with Gasteiger partial charge in [-0.3, -0.25) is 14.5 Å². The first-order chi connectivity index (χ1) is 13.0. The molecule has 0 aliphatic carbocycles. The van der Waals surface area contributed by atoms with Crippen molar-refractivity contribution in [1.29, 1.82) is 0 Å². The van der Waals surface area contributed by atoms with Crippen LogP contribution in [0.25, 0.3) is 6.08 Å². The zero-order chi connectivity index (χ0) is 19.4. The molecule has 1 aromatic carbocycles. The van der Waals surface area contributed by atoms with E-state index in [9.17, 15) is 9.59 Å². The van der Waals surface area contributed by atoms with Crippen LogP contribution >= 0.6 is 24.0 Å². The average Bonchev–Trinajstić information content (AvgIpc) is 3.24. The van der Waals surface area contributed by atoms with Gasteiger partial charge in [0.2, 0.25) is 0 Å². The Labute approximate surface area is 166 Å². The minimum atomic E-state index is -0.573. The second kappa shape index (κ2) is 8.73. The third-order valence-corrected chi connectivity index (χ3v) is 5.52. The lowest BCUT2D eigenvalue weighted by Gasteiger charge is -2.18. The summed E-state index contributed by atoms with van der Waals surface area (Å²) in [6.45, 7) is 0.988. The van der Waals surface area contributed by atoms with Crippen molar-refractivity contribution in [2.45, 2.75) is 18.9 Å². The second-order valence-corrected chi connectivity index (χ2v) is 7.77. The molecule has 9 heteroatoms. The number of carbonyl (C=O) groups excluding carboxylic acids is 2. The van der Waals surface area contributed by atoms with Gasteiger partial charge < -0.3 is 19.9 Å². The largest absolute Gasteiger partial charge is 0.493 e. The average molecular weight is 409 g/mol. The first kappa shape index (κ1) is 19.7. The summed E-state index contributed by atoms with van der Waals surface area (Å²) in [7, 11) is 1.50. The Kier molecular flexibility index (Phi) is 6.35. The third kappa shape index (κ3) is 4.79. The summed E-state index contributed by atoms with van der Waals surface area (Å²) in [4.78, 5) is 25.7. The van der Waals surface area contributed by atoms with Crippen molar-refractivity contribution in [1.82, 2.24) is 4.90 Å². The van der Waals surface area contributed by atoms with Crippen molar-refractivity contribution in [2.75, 3.05) is 26.9 Å². The summed E-state index contributed by atoms with van der Waals surface area (Å²) < 4.78 is 16.7. The molecule has 1 aromatic rings.